The van der Waals surface area contributed by atoms with Crippen molar-refractivity contribution in [2.75, 3.05) is 0 Å². The van der Waals surface area contributed by atoms with Crippen molar-refractivity contribution in [3.8, 4) is 10.6 Å². The molecular formula is C18H18N4O2S. The summed E-state index contributed by atoms with van der Waals surface area (Å²) in [6.07, 6.45) is 3.14. The number of nitrogens with one attached hydrogen (secondary N) is 1. The zero-order chi connectivity index (χ0) is 17.8. The van der Waals surface area contributed by atoms with Crippen LogP contribution in [0.15, 0.2) is 47.0 Å². The molecule has 7 heteroatoms. The Kier molecular flexibility index (Phi) is 5.04. The van der Waals surface area contributed by atoms with E-state index in [-0.39, 0.29) is 18.0 Å². The fourth-order valence-electron chi connectivity index (χ4n) is 2.41. The topological polar surface area (TPSA) is 76.9 Å². The van der Waals surface area contributed by atoms with Crippen molar-refractivity contribution < 1.29 is 4.79 Å². The first kappa shape index (κ1) is 17.0. The second-order valence-corrected chi connectivity index (χ2v) is 6.60. The maximum Gasteiger partial charge on any atom is 0.256 e. The van der Waals surface area contributed by atoms with E-state index in [1.165, 1.54) is 10.9 Å². The SMILES string of the molecule is Cc1ncn(CC(=O)NCc2cccnc2-c2cccs2)c(=O)c1C. The average molecular weight is 354 g/mol. The van der Waals surface area contributed by atoms with E-state index in [2.05, 4.69) is 15.3 Å². The highest BCUT2D eigenvalue weighted by atomic mass is 32.1. The lowest BCUT2D eigenvalue weighted by molar-refractivity contribution is -0.121. The van der Waals surface area contributed by atoms with Crippen molar-refractivity contribution in [3.63, 3.8) is 0 Å². The summed E-state index contributed by atoms with van der Waals surface area (Å²) in [6.45, 7) is 3.78. The maximum absolute atomic E-state index is 12.2. The molecule has 3 aromatic rings. The maximum atomic E-state index is 12.2. The predicted molar refractivity (Wildman–Crippen MR) is 97.4 cm³/mol. The summed E-state index contributed by atoms with van der Waals surface area (Å²) in [5.41, 5.74) is 2.84. The average Bonchev–Trinajstić information content (AvgIpc) is 3.15. The van der Waals surface area contributed by atoms with Crippen molar-refractivity contribution in [3.05, 3.63) is 69.3 Å². The molecule has 25 heavy (non-hydrogen) atoms. The molecule has 0 radical (unpaired) electrons. The molecular weight excluding hydrogens is 336 g/mol. The van der Waals surface area contributed by atoms with Crippen molar-refractivity contribution in [2.45, 2.75) is 26.9 Å². The number of pyridine rings is 1. The van der Waals surface area contributed by atoms with Crippen LogP contribution in [0.25, 0.3) is 10.6 Å². The number of amides is 1. The quantitative estimate of drug-likeness (QED) is 0.763. The van der Waals surface area contributed by atoms with Gasteiger partial charge in [-0.25, -0.2) is 4.98 Å². The Morgan fingerprint density at radius 1 is 1.24 bits per heavy atom. The van der Waals surface area contributed by atoms with Gasteiger partial charge in [0.05, 0.1) is 16.9 Å². The standard InChI is InChI=1S/C18H18N4O2S/c1-12-13(2)21-11-22(18(12)24)10-16(23)20-9-14-5-3-7-19-17(14)15-6-4-8-25-15/h3-8,11H,9-10H2,1-2H3,(H,20,23). The summed E-state index contributed by atoms with van der Waals surface area (Å²) in [7, 11) is 0. The Morgan fingerprint density at radius 3 is 2.84 bits per heavy atom. The lowest BCUT2D eigenvalue weighted by atomic mass is 10.1. The van der Waals surface area contributed by atoms with Gasteiger partial charge in [0.1, 0.15) is 6.54 Å². The Labute approximate surface area is 149 Å². The number of carbonyl (C=O) groups excluding carboxylic acids is 1. The van der Waals surface area contributed by atoms with Crippen molar-refractivity contribution in [1.82, 2.24) is 19.9 Å². The van der Waals surface area contributed by atoms with Gasteiger partial charge in [-0.15, -0.1) is 11.3 Å². The Morgan fingerprint density at radius 2 is 2.08 bits per heavy atom. The van der Waals surface area contributed by atoms with Crippen LogP contribution in [0.3, 0.4) is 0 Å². The predicted octanol–water partition coefficient (Wildman–Crippen LogP) is 2.30. The molecule has 0 aliphatic heterocycles. The van der Waals surface area contributed by atoms with Crippen LogP contribution < -0.4 is 10.9 Å². The van der Waals surface area contributed by atoms with E-state index in [4.69, 9.17) is 0 Å². The number of carbonyl (C=O) groups is 1. The third-order valence-corrected chi connectivity index (χ3v) is 4.83. The highest BCUT2D eigenvalue weighted by Crippen LogP contribution is 2.25. The van der Waals surface area contributed by atoms with E-state index in [1.807, 2.05) is 29.6 Å². The first-order chi connectivity index (χ1) is 12.1. The van der Waals surface area contributed by atoms with Crippen LogP contribution in [-0.2, 0) is 17.9 Å². The normalized spacial score (nSPS) is 10.6. The van der Waals surface area contributed by atoms with E-state index >= 15 is 0 Å². The molecule has 0 bridgehead atoms. The van der Waals surface area contributed by atoms with Crippen LogP contribution in [0.5, 0.6) is 0 Å². The second-order valence-electron chi connectivity index (χ2n) is 5.65. The molecule has 0 saturated heterocycles. The van der Waals surface area contributed by atoms with Crippen LogP contribution in [-0.4, -0.2) is 20.4 Å². The molecule has 0 aromatic carbocycles. The molecule has 0 unspecified atom stereocenters. The van der Waals surface area contributed by atoms with Gasteiger partial charge in [0.2, 0.25) is 5.91 Å². The number of aryl methyl sites for hydroxylation is 1. The van der Waals surface area contributed by atoms with Gasteiger partial charge in [-0.3, -0.25) is 19.1 Å². The van der Waals surface area contributed by atoms with Crippen molar-refractivity contribution >= 4 is 17.2 Å². The number of rotatable bonds is 5. The van der Waals surface area contributed by atoms with Crippen LogP contribution >= 0.6 is 11.3 Å². The third kappa shape index (κ3) is 3.83. The first-order valence-corrected chi connectivity index (χ1v) is 8.71. The summed E-state index contributed by atoms with van der Waals surface area (Å²) >= 11 is 1.60. The van der Waals surface area contributed by atoms with Gasteiger partial charge in [-0.2, -0.15) is 0 Å². The molecule has 0 aliphatic carbocycles. The number of hydrogen-bond acceptors (Lipinski definition) is 5. The molecule has 0 spiro atoms. The Hall–Kier alpha value is -2.80. The molecule has 3 heterocycles. The summed E-state index contributed by atoms with van der Waals surface area (Å²) < 4.78 is 1.32. The summed E-state index contributed by atoms with van der Waals surface area (Å²) in [5.74, 6) is -0.242. The van der Waals surface area contributed by atoms with Gasteiger partial charge in [0, 0.05) is 24.0 Å². The van der Waals surface area contributed by atoms with Crippen LogP contribution in [0.1, 0.15) is 16.8 Å². The second kappa shape index (κ2) is 7.40. The molecule has 0 saturated carbocycles. The summed E-state index contributed by atoms with van der Waals surface area (Å²) in [4.78, 5) is 34.0. The van der Waals surface area contributed by atoms with E-state index in [1.54, 1.807) is 31.4 Å². The molecule has 1 N–H and O–H groups in total. The molecule has 1 amide bonds. The van der Waals surface area contributed by atoms with E-state index in [9.17, 15) is 9.59 Å². The minimum absolute atomic E-state index is 0.0540. The molecule has 3 rings (SSSR count). The van der Waals surface area contributed by atoms with Gasteiger partial charge in [-0.1, -0.05) is 12.1 Å². The van der Waals surface area contributed by atoms with Gasteiger partial charge >= 0.3 is 0 Å². The lowest BCUT2D eigenvalue weighted by Gasteiger charge is -2.10. The molecule has 0 aliphatic rings. The third-order valence-electron chi connectivity index (χ3n) is 3.95. The van der Waals surface area contributed by atoms with Gasteiger partial charge in [0.15, 0.2) is 0 Å². The lowest BCUT2D eigenvalue weighted by Crippen LogP contribution is -2.33. The zero-order valence-electron chi connectivity index (χ0n) is 14.0. The molecule has 6 nitrogen and oxygen atoms in total. The highest BCUT2D eigenvalue weighted by molar-refractivity contribution is 7.13. The zero-order valence-corrected chi connectivity index (χ0v) is 14.8. The molecule has 0 atom stereocenters. The van der Waals surface area contributed by atoms with Crippen LogP contribution in [0, 0.1) is 13.8 Å². The van der Waals surface area contributed by atoms with Crippen molar-refractivity contribution in [2.24, 2.45) is 0 Å². The fraction of sp³-hybridized carbons (Fsp3) is 0.222. The number of aromatic nitrogens is 3. The van der Waals surface area contributed by atoms with Gasteiger partial charge < -0.3 is 5.32 Å². The number of hydrogen-bond donors (Lipinski definition) is 1. The van der Waals surface area contributed by atoms with Gasteiger partial charge in [-0.05, 0) is 36.9 Å². The fourth-order valence-corrected chi connectivity index (χ4v) is 3.17. The monoisotopic (exact) mass is 354 g/mol. The number of nitrogens with zero attached hydrogens (tertiary/aromatic N) is 3. The first-order valence-electron chi connectivity index (χ1n) is 7.83. The van der Waals surface area contributed by atoms with Crippen molar-refractivity contribution in [1.29, 1.82) is 0 Å². The number of thiophene rings is 1. The minimum Gasteiger partial charge on any atom is -0.350 e. The van der Waals surface area contributed by atoms with E-state index in [0.717, 1.165) is 16.1 Å². The Bertz CT molecular complexity index is 948. The van der Waals surface area contributed by atoms with Gasteiger partial charge in [0.25, 0.3) is 5.56 Å². The van der Waals surface area contributed by atoms with E-state index < -0.39 is 0 Å². The van der Waals surface area contributed by atoms with Crippen LogP contribution in [0.4, 0.5) is 0 Å². The Balaban J connectivity index is 1.70. The molecule has 3 aromatic heterocycles. The smallest absolute Gasteiger partial charge is 0.256 e. The summed E-state index contributed by atoms with van der Waals surface area (Å²) in [5, 5.41) is 4.84. The highest BCUT2D eigenvalue weighted by Gasteiger charge is 2.11. The molecule has 128 valence electrons. The minimum atomic E-state index is -0.242. The molecule has 0 fully saturated rings. The summed E-state index contributed by atoms with van der Waals surface area (Å²) in [6, 6.07) is 7.75. The van der Waals surface area contributed by atoms with Crippen LogP contribution in [0.2, 0.25) is 0 Å². The van der Waals surface area contributed by atoms with E-state index in [0.29, 0.717) is 17.8 Å². The largest absolute Gasteiger partial charge is 0.350 e.